The molecule has 0 radical (unpaired) electrons. The van der Waals surface area contributed by atoms with Crippen molar-refractivity contribution in [2.45, 2.75) is 51.0 Å². The Balaban J connectivity index is 1.51. The number of benzene rings is 1. The van der Waals surface area contributed by atoms with Gasteiger partial charge < -0.3 is 19.9 Å². The molecule has 3 aromatic rings. The number of methoxy groups -OCH3 is 1. The third-order valence-electron chi connectivity index (χ3n) is 5.52. The maximum atomic E-state index is 12.5. The van der Waals surface area contributed by atoms with Gasteiger partial charge >= 0.3 is 6.03 Å². The van der Waals surface area contributed by atoms with Crippen molar-refractivity contribution in [3.05, 3.63) is 47.7 Å². The summed E-state index contributed by atoms with van der Waals surface area (Å²) in [5.74, 6) is 0.768. The Bertz CT molecular complexity index is 1040. The topological polar surface area (TPSA) is 121 Å². The van der Waals surface area contributed by atoms with Crippen LogP contribution in [0.25, 0.3) is 10.9 Å². The highest BCUT2D eigenvalue weighted by Gasteiger charge is 2.27. The number of aromatic amines is 1. The van der Waals surface area contributed by atoms with Gasteiger partial charge in [-0.2, -0.15) is 0 Å². The number of aliphatic hydroxyl groups is 1. The Morgan fingerprint density at radius 2 is 2.13 bits per heavy atom. The van der Waals surface area contributed by atoms with Gasteiger partial charge in [0, 0.05) is 6.07 Å². The molecule has 0 bridgehead atoms. The van der Waals surface area contributed by atoms with Gasteiger partial charge in [-0.1, -0.05) is 30.3 Å². The molecular formula is C22H27N5O4. The molecule has 0 aliphatic heterocycles. The van der Waals surface area contributed by atoms with Crippen molar-refractivity contribution in [3.63, 3.8) is 0 Å². The minimum atomic E-state index is -0.465. The van der Waals surface area contributed by atoms with E-state index in [2.05, 4.69) is 25.8 Å². The largest absolute Gasteiger partial charge is 0.479 e. The van der Waals surface area contributed by atoms with E-state index in [-0.39, 0.29) is 24.8 Å². The number of ether oxygens (including phenoxy) is 2. The second kappa shape index (κ2) is 9.32. The van der Waals surface area contributed by atoms with Gasteiger partial charge in [-0.25, -0.2) is 9.78 Å². The fraction of sp³-hybridized carbons (Fsp3) is 0.409. The van der Waals surface area contributed by atoms with Crippen LogP contribution >= 0.6 is 0 Å². The zero-order valence-electron chi connectivity index (χ0n) is 17.6. The maximum Gasteiger partial charge on any atom is 0.320 e. The Morgan fingerprint density at radius 1 is 1.32 bits per heavy atom. The first kappa shape index (κ1) is 21.1. The maximum absolute atomic E-state index is 12.5. The Kier molecular flexibility index (Phi) is 6.34. The highest BCUT2D eigenvalue weighted by Crippen LogP contribution is 2.30. The van der Waals surface area contributed by atoms with Gasteiger partial charge in [0.1, 0.15) is 5.82 Å². The highest BCUT2D eigenvalue weighted by molar-refractivity contribution is 5.93. The summed E-state index contributed by atoms with van der Waals surface area (Å²) in [6, 6.07) is 10.9. The van der Waals surface area contributed by atoms with Crippen molar-refractivity contribution in [1.29, 1.82) is 0 Å². The van der Waals surface area contributed by atoms with Crippen molar-refractivity contribution < 1.29 is 19.4 Å². The van der Waals surface area contributed by atoms with Crippen LogP contribution in [-0.4, -0.2) is 45.6 Å². The first-order valence-corrected chi connectivity index (χ1v) is 10.4. The molecule has 31 heavy (non-hydrogen) atoms. The van der Waals surface area contributed by atoms with Gasteiger partial charge in [-0.05, 0) is 31.7 Å². The van der Waals surface area contributed by atoms with Gasteiger partial charge in [0.2, 0.25) is 5.88 Å². The van der Waals surface area contributed by atoms with E-state index in [0.717, 1.165) is 24.8 Å². The molecule has 1 aliphatic rings. The third-order valence-corrected chi connectivity index (χ3v) is 5.52. The van der Waals surface area contributed by atoms with Crippen LogP contribution in [0.5, 0.6) is 5.88 Å². The second-order valence-corrected chi connectivity index (χ2v) is 7.69. The fourth-order valence-corrected chi connectivity index (χ4v) is 3.87. The molecule has 1 aromatic carbocycles. The van der Waals surface area contributed by atoms with Gasteiger partial charge in [0.05, 0.1) is 48.6 Å². The lowest BCUT2D eigenvalue weighted by Gasteiger charge is -2.17. The van der Waals surface area contributed by atoms with Crippen molar-refractivity contribution in [2.75, 3.05) is 12.4 Å². The summed E-state index contributed by atoms with van der Waals surface area (Å²) in [6.07, 6.45) is 1.80. The number of nitrogens with zero attached hydrogens (tertiary/aromatic N) is 2. The summed E-state index contributed by atoms with van der Waals surface area (Å²) in [7, 11) is 1.53. The highest BCUT2D eigenvalue weighted by atomic mass is 16.5. The molecule has 0 saturated heterocycles. The molecule has 3 atom stereocenters. The van der Waals surface area contributed by atoms with Gasteiger partial charge in [-0.15, -0.1) is 5.10 Å². The number of amides is 2. The molecule has 164 valence electrons. The number of nitrogens with one attached hydrogen (secondary N) is 3. The van der Waals surface area contributed by atoms with Gasteiger partial charge in [-0.3, -0.25) is 10.4 Å². The summed E-state index contributed by atoms with van der Waals surface area (Å²) in [4.78, 5) is 17.1. The summed E-state index contributed by atoms with van der Waals surface area (Å²) in [5, 5.41) is 23.5. The normalized spacial score (nSPS) is 19.3. The van der Waals surface area contributed by atoms with Crippen LogP contribution in [0.3, 0.4) is 0 Å². The summed E-state index contributed by atoms with van der Waals surface area (Å²) >= 11 is 0. The smallest absolute Gasteiger partial charge is 0.320 e. The number of hydrogen-bond donors (Lipinski definition) is 4. The number of fused-ring (bicyclic) bond motifs is 1. The number of pyridine rings is 1. The number of carbonyl (C=O) groups excluding carboxylic acids is 1. The number of rotatable bonds is 7. The molecular weight excluding hydrogens is 398 g/mol. The van der Waals surface area contributed by atoms with Crippen LogP contribution in [0, 0.1) is 0 Å². The first-order valence-electron chi connectivity index (χ1n) is 10.4. The molecule has 1 fully saturated rings. The minimum absolute atomic E-state index is 0.163. The van der Waals surface area contributed by atoms with Crippen LogP contribution in [0.1, 0.15) is 43.5 Å². The van der Waals surface area contributed by atoms with Crippen molar-refractivity contribution in [1.82, 2.24) is 20.5 Å². The number of H-pyrrole nitrogens is 1. The Morgan fingerprint density at radius 3 is 2.84 bits per heavy atom. The Hall–Kier alpha value is -3.17. The molecule has 4 N–H and O–H groups in total. The zero-order valence-corrected chi connectivity index (χ0v) is 17.6. The number of anilines is 1. The monoisotopic (exact) mass is 425 g/mol. The van der Waals surface area contributed by atoms with E-state index in [1.807, 2.05) is 37.3 Å². The molecule has 2 heterocycles. The third kappa shape index (κ3) is 4.78. The standard InChI is InChI=1S/C22H27N5O4/c1-13(14-7-4-3-5-8-14)23-22(29)25-19-11-15-20(21(30-2)27-26-15)16(24-19)12-31-18-10-6-9-17(18)28/h3-5,7-8,11,13,17-18,28H,6,9-10,12H2,1-2H3,(H,26,27)(H2,23,24,25,29)/t13-,17+,18-/m1/s1. The fourth-order valence-electron chi connectivity index (χ4n) is 3.87. The average Bonchev–Trinajstić information content (AvgIpc) is 3.38. The number of hydrogen-bond acceptors (Lipinski definition) is 6. The number of aliphatic hydroxyl groups excluding tert-OH is 1. The van der Waals surface area contributed by atoms with E-state index in [9.17, 15) is 9.90 Å². The first-order chi connectivity index (χ1) is 15.0. The van der Waals surface area contributed by atoms with Crippen molar-refractivity contribution in [3.8, 4) is 5.88 Å². The van der Waals surface area contributed by atoms with Crippen LogP contribution in [0.2, 0.25) is 0 Å². The predicted octanol–water partition coefficient (Wildman–Crippen LogP) is 3.28. The summed E-state index contributed by atoms with van der Waals surface area (Å²) < 4.78 is 11.3. The van der Waals surface area contributed by atoms with Gasteiger partial charge in [0.25, 0.3) is 0 Å². The van der Waals surface area contributed by atoms with Gasteiger partial charge in [0.15, 0.2) is 0 Å². The Labute approximate surface area is 180 Å². The average molecular weight is 425 g/mol. The van der Waals surface area contributed by atoms with E-state index in [0.29, 0.717) is 28.3 Å². The quantitative estimate of drug-likeness (QED) is 0.461. The lowest BCUT2D eigenvalue weighted by Crippen LogP contribution is -2.31. The van der Waals surface area contributed by atoms with Crippen molar-refractivity contribution in [2.24, 2.45) is 0 Å². The number of urea groups is 1. The lowest BCUT2D eigenvalue weighted by molar-refractivity contribution is -0.0279. The van der Waals surface area contributed by atoms with Crippen molar-refractivity contribution >= 4 is 22.8 Å². The molecule has 0 unspecified atom stereocenters. The SMILES string of the molecule is COc1n[nH]c2cc(NC(=O)N[C@H](C)c3ccccc3)nc(CO[C@@H]3CCC[C@@H]3O)c12. The molecule has 1 aliphatic carbocycles. The number of carbonyl (C=O) groups is 1. The molecule has 4 rings (SSSR count). The zero-order chi connectivity index (χ0) is 21.8. The van der Waals surface area contributed by atoms with Crippen LogP contribution in [0.15, 0.2) is 36.4 Å². The lowest BCUT2D eigenvalue weighted by atomic mass is 10.1. The predicted molar refractivity (Wildman–Crippen MR) is 116 cm³/mol. The van der Waals surface area contributed by atoms with E-state index in [1.54, 1.807) is 6.07 Å². The van der Waals surface area contributed by atoms with Crippen LogP contribution < -0.4 is 15.4 Å². The van der Waals surface area contributed by atoms with Crippen LogP contribution in [-0.2, 0) is 11.3 Å². The van der Waals surface area contributed by atoms with E-state index in [1.165, 1.54) is 7.11 Å². The second-order valence-electron chi connectivity index (χ2n) is 7.69. The minimum Gasteiger partial charge on any atom is -0.479 e. The molecule has 2 aromatic heterocycles. The molecule has 9 nitrogen and oxygen atoms in total. The molecule has 0 spiro atoms. The molecule has 1 saturated carbocycles. The molecule has 2 amide bonds. The number of aromatic nitrogens is 3. The van der Waals surface area contributed by atoms with E-state index < -0.39 is 6.10 Å². The summed E-state index contributed by atoms with van der Waals surface area (Å²) in [6.45, 7) is 2.09. The van der Waals surface area contributed by atoms with Crippen LogP contribution in [0.4, 0.5) is 10.6 Å². The molecule has 9 heteroatoms. The van der Waals surface area contributed by atoms with E-state index in [4.69, 9.17) is 9.47 Å². The van der Waals surface area contributed by atoms with E-state index >= 15 is 0 Å². The summed E-state index contributed by atoms with van der Waals surface area (Å²) in [5.41, 5.74) is 2.25.